The average Bonchev–Trinajstić information content (AvgIpc) is 4.26. The zero-order chi connectivity index (χ0) is 50.9. The van der Waals surface area contributed by atoms with Crippen LogP contribution in [0.2, 0.25) is 0 Å². The van der Waals surface area contributed by atoms with E-state index in [-0.39, 0.29) is 0 Å². The first-order valence-corrected chi connectivity index (χ1v) is 25.9. The third kappa shape index (κ3) is 7.69. The Hall–Kier alpha value is -9.32. The number of furan rings is 1. The van der Waals surface area contributed by atoms with Gasteiger partial charge < -0.3 is 19.4 Å². The number of pyridine rings is 2. The third-order valence-corrected chi connectivity index (χ3v) is 15.1. The van der Waals surface area contributed by atoms with Crippen molar-refractivity contribution in [3.05, 3.63) is 247 Å². The van der Waals surface area contributed by atoms with Crippen molar-refractivity contribution in [2.75, 3.05) is 0 Å². The summed E-state index contributed by atoms with van der Waals surface area (Å²) in [5.74, 6) is 1.87. The molecule has 16 aromatic rings. The first-order chi connectivity index (χ1) is 37.4. The molecule has 10 heteroatoms. The molecular weight excluding hydrogens is 1000 g/mol. The summed E-state index contributed by atoms with van der Waals surface area (Å²) in [5, 5.41) is 32.7. The van der Waals surface area contributed by atoms with Crippen LogP contribution in [-0.2, 0) is 0 Å². The molecule has 0 atom stereocenters. The van der Waals surface area contributed by atoms with E-state index >= 15 is 0 Å². The van der Waals surface area contributed by atoms with Gasteiger partial charge in [-0.25, -0.2) is 9.97 Å². The zero-order valence-electron chi connectivity index (χ0n) is 40.6. The molecule has 3 N–H and O–H groups in total. The summed E-state index contributed by atoms with van der Waals surface area (Å²) in [6.45, 7) is 0. The molecule has 360 valence electrons. The van der Waals surface area contributed by atoms with Crippen LogP contribution in [0.3, 0.4) is 0 Å². The van der Waals surface area contributed by atoms with Crippen molar-refractivity contribution in [1.29, 1.82) is 0 Å². The van der Waals surface area contributed by atoms with Gasteiger partial charge in [0.15, 0.2) is 0 Å². The fourth-order valence-electron chi connectivity index (χ4n) is 11.1. The Kier molecular flexibility index (Phi) is 11.1. The van der Waals surface area contributed by atoms with Crippen LogP contribution in [0.1, 0.15) is 0 Å². The van der Waals surface area contributed by atoms with E-state index in [1.54, 1.807) is 18.2 Å². The highest BCUT2D eigenvalue weighted by atomic mass is 79.9. The van der Waals surface area contributed by atoms with Crippen molar-refractivity contribution in [3.63, 3.8) is 0 Å². The van der Waals surface area contributed by atoms with Crippen molar-refractivity contribution in [2.45, 2.75) is 0 Å². The van der Waals surface area contributed by atoms with Gasteiger partial charge in [-0.1, -0.05) is 149 Å². The molecule has 16 rings (SSSR count). The van der Waals surface area contributed by atoms with Crippen molar-refractivity contribution in [2.24, 2.45) is 0 Å². The van der Waals surface area contributed by atoms with Crippen molar-refractivity contribution in [3.8, 4) is 22.8 Å². The number of nitrogens with zero attached hydrogens (tertiary/aromatic N) is 4. The van der Waals surface area contributed by atoms with Crippen LogP contribution in [0.5, 0.6) is 0 Å². The second kappa shape index (κ2) is 18.6. The van der Waals surface area contributed by atoms with Gasteiger partial charge in [0, 0.05) is 71.0 Å². The van der Waals surface area contributed by atoms with Gasteiger partial charge in [-0.15, -0.1) is 0 Å². The molecule has 8 nitrogen and oxygen atoms in total. The highest BCUT2D eigenvalue weighted by molar-refractivity contribution is 9.10. The van der Waals surface area contributed by atoms with Crippen molar-refractivity contribution in [1.82, 2.24) is 24.1 Å². The Morgan fingerprint density at radius 2 is 0.908 bits per heavy atom. The van der Waals surface area contributed by atoms with Crippen molar-refractivity contribution >= 4 is 137 Å². The second-order valence-corrected chi connectivity index (χ2v) is 19.9. The minimum Gasteiger partial charge on any atom is -0.456 e. The van der Waals surface area contributed by atoms with E-state index in [1.165, 1.54) is 92.6 Å². The molecule has 0 unspecified atom stereocenters. The largest absolute Gasteiger partial charge is 0.488 e. The van der Waals surface area contributed by atoms with E-state index in [1.807, 2.05) is 60.9 Å². The van der Waals surface area contributed by atoms with Gasteiger partial charge in [-0.05, 0) is 135 Å². The summed E-state index contributed by atoms with van der Waals surface area (Å²) in [4.78, 5) is 12.8. The van der Waals surface area contributed by atoms with Crippen LogP contribution in [0.15, 0.2) is 252 Å². The van der Waals surface area contributed by atoms with Crippen LogP contribution in [-0.4, -0.2) is 41.3 Å². The van der Waals surface area contributed by atoms with Gasteiger partial charge in [-0.2, -0.15) is 0 Å². The van der Waals surface area contributed by atoms with Gasteiger partial charge >= 0.3 is 7.12 Å². The molecule has 0 saturated carbocycles. The van der Waals surface area contributed by atoms with E-state index in [0.717, 1.165) is 43.6 Å². The molecule has 6 heterocycles. The smallest absolute Gasteiger partial charge is 0.456 e. The lowest BCUT2D eigenvalue weighted by Crippen LogP contribution is -2.29. The molecule has 0 fully saturated rings. The third-order valence-electron chi connectivity index (χ3n) is 14.6. The second-order valence-electron chi connectivity index (χ2n) is 19.0. The molecule has 0 spiro atoms. The number of benzene rings is 10. The molecule has 0 aliphatic rings. The van der Waals surface area contributed by atoms with E-state index in [4.69, 9.17) is 19.4 Å². The number of aromatic amines is 1. The lowest BCUT2D eigenvalue weighted by molar-refractivity contribution is 0.426. The van der Waals surface area contributed by atoms with Gasteiger partial charge in [0.2, 0.25) is 0 Å². The molecule has 10 aromatic carbocycles. The maximum absolute atomic E-state index is 9.12. The average molecular weight is 1040 g/mol. The SMILES string of the molecule is Brc1ccc2c(c1)c1c3ccccc3ccc1n2-c1ccccn1.OB(O)c1ccc2oc3ccccc3c2c1.c1ccc(-n2c3ccc(-c4ccc5[nH]c6ccccc6c5c4)cc3c3c4ccccc4ccc32)nc1. The molecular formula is C66H43BBrN5O3. The molecule has 6 aromatic heterocycles. The number of hydrogen-bond acceptors (Lipinski definition) is 5. The minimum atomic E-state index is -1.45. The number of H-pyrrole nitrogens is 1. The van der Waals surface area contributed by atoms with Gasteiger partial charge in [0.25, 0.3) is 0 Å². The number of halogens is 1. The summed E-state index contributed by atoms with van der Waals surface area (Å²) in [6, 6.07) is 79.4. The van der Waals surface area contributed by atoms with E-state index < -0.39 is 7.12 Å². The zero-order valence-corrected chi connectivity index (χ0v) is 42.2. The predicted octanol–water partition coefficient (Wildman–Crippen LogP) is 16.0. The summed E-state index contributed by atoms with van der Waals surface area (Å²) in [5.41, 5.74) is 11.5. The van der Waals surface area contributed by atoms with Crippen LogP contribution in [0.25, 0.3) is 132 Å². The Morgan fingerprint density at radius 3 is 1.55 bits per heavy atom. The van der Waals surface area contributed by atoms with Crippen LogP contribution in [0, 0.1) is 0 Å². The number of para-hydroxylation sites is 2. The standard InChI is InChI=1S/C33H21N3.C21H13BrN2.C12H9BO3/c1-2-8-24-21(7-1)13-17-31-33(24)27-20-23(14-16-30(27)36(31)32-11-5-6-18-34-32)22-12-15-29-26(19-22)25-9-3-4-10-28(25)35-29;22-15-9-11-18-17(13-15)21-16-6-2-1-5-14(16)8-10-19(21)24(18)20-7-3-4-12-23-20;14-13(15)8-5-6-12-10(7-8)9-3-1-2-4-11(9)16-12/h1-20,35H;1-13H;1-7,14-15H. The number of fused-ring (bicyclic) bond motifs is 16. The van der Waals surface area contributed by atoms with Crippen LogP contribution < -0.4 is 5.46 Å². The lowest BCUT2D eigenvalue weighted by atomic mass is 9.80. The fraction of sp³-hybridized carbons (Fsp3) is 0. The topological polar surface area (TPSA) is 105 Å². The highest BCUT2D eigenvalue weighted by Crippen LogP contribution is 2.41. The number of aromatic nitrogens is 5. The summed E-state index contributed by atoms with van der Waals surface area (Å²) in [7, 11) is -1.45. The Labute approximate surface area is 443 Å². The molecule has 0 bridgehead atoms. The molecule has 76 heavy (non-hydrogen) atoms. The maximum Gasteiger partial charge on any atom is 0.488 e. The monoisotopic (exact) mass is 1040 g/mol. The van der Waals surface area contributed by atoms with E-state index in [9.17, 15) is 0 Å². The first-order valence-electron chi connectivity index (χ1n) is 25.1. The van der Waals surface area contributed by atoms with E-state index in [2.05, 4.69) is 199 Å². The summed E-state index contributed by atoms with van der Waals surface area (Å²) >= 11 is 3.62. The molecule has 0 aliphatic carbocycles. The van der Waals surface area contributed by atoms with E-state index in [0.29, 0.717) is 5.46 Å². The quantitative estimate of drug-likeness (QED) is 0.152. The first kappa shape index (κ1) is 45.3. The van der Waals surface area contributed by atoms with Gasteiger partial charge in [0.1, 0.15) is 22.8 Å². The number of hydrogen-bond donors (Lipinski definition) is 3. The molecule has 0 aliphatic heterocycles. The Balaban J connectivity index is 0.000000114. The van der Waals surface area contributed by atoms with Gasteiger partial charge in [-0.3, -0.25) is 9.13 Å². The van der Waals surface area contributed by atoms with Crippen LogP contribution >= 0.6 is 15.9 Å². The Bertz CT molecular complexity index is 4890. The molecule has 0 amide bonds. The summed E-state index contributed by atoms with van der Waals surface area (Å²) < 4.78 is 11.2. The predicted molar refractivity (Wildman–Crippen MR) is 318 cm³/mol. The highest BCUT2D eigenvalue weighted by Gasteiger charge is 2.19. The fourth-order valence-corrected chi connectivity index (χ4v) is 11.5. The Morgan fingerprint density at radius 1 is 0.395 bits per heavy atom. The van der Waals surface area contributed by atoms with Crippen LogP contribution in [0.4, 0.5) is 0 Å². The molecule has 0 saturated heterocycles. The van der Waals surface area contributed by atoms with Crippen molar-refractivity contribution < 1.29 is 14.5 Å². The lowest BCUT2D eigenvalue weighted by Gasteiger charge is -2.07. The summed E-state index contributed by atoms with van der Waals surface area (Å²) in [6.07, 6.45) is 3.70. The minimum absolute atomic E-state index is 0.471. The molecule has 0 radical (unpaired) electrons. The number of nitrogens with one attached hydrogen (secondary N) is 1. The maximum atomic E-state index is 9.12. The number of rotatable bonds is 4. The normalized spacial score (nSPS) is 11.6. The van der Waals surface area contributed by atoms with Gasteiger partial charge in [0.05, 0.1) is 22.1 Å².